The fraction of sp³-hybridized carbons (Fsp3) is 0.444. The number of anilines is 1. The van der Waals surface area contributed by atoms with Gasteiger partial charge in [0.1, 0.15) is 22.9 Å². The molecule has 0 bridgehead atoms. The van der Waals surface area contributed by atoms with Gasteiger partial charge in [0.2, 0.25) is 17.6 Å². The number of ketones is 2. The van der Waals surface area contributed by atoms with E-state index in [1.807, 2.05) is 4.90 Å². The Morgan fingerprint density at radius 1 is 1.17 bits per heavy atom. The van der Waals surface area contributed by atoms with Crippen molar-refractivity contribution in [3.63, 3.8) is 0 Å². The zero-order chi connectivity index (χ0) is 30.0. The standard InChI is InChI=1S/C27H29FN4O9/c1-10(33)30-20-13-7-11-6-12-14(28)8-15(31-16(34)9-32-4-2-3-5-32)21(35)18(12)22(36)17(11)24(38)27(13,41)25(39)19(23(20)37)26(29)40/h8,11,13,20,35,37-38,41H,2-7,9H2,1H3,(H2,29,40)(H,30,33)(H,31,34)/t11-,13-,20-,27-/m0/s1. The second-order valence-electron chi connectivity index (χ2n) is 10.9. The summed E-state index contributed by atoms with van der Waals surface area (Å²) in [6, 6.07) is -0.668. The van der Waals surface area contributed by atoms with Crippen molar-refractivity contribution >= 4 is 35.0 Å². The Balaban J connectivity index is 1.58. The largest absolute Gasteiger partial charge is 0.509 e. The van der Waals surface area contributed by atoms with Crippen LogP contribution in [0, 0.1) is 17.7 Å². The van der Waals surface area contributed by atoms with Crippen LogP contribution in [-0.4, -0.2) is 85.9 Å². The maximum Gasteiger partial charge on any atom is 0.255 e. The van der Waals surface area contributed by atoms with Crippen LogP contribution >= 0.6 is 0 Å². The van der Waals surface area contributed by atoms with Crippen LogP contribution in [0.2, 0.25) is 0 Å². The lowest BCUT2D eigenvalue weighted by molar-refractivity contribution is -0.147. The van der Waals surface area contributed by atoms with Crippen molar-refractivity contribution in [2.24, 2.45) is 17.6 Å². The number of nitrogens with zero attached hydrogens (tertiary/aromatic N) is 1. The number of aliphatic hydroxyl groups excluding tert-OH is 2. The van der Waals surface area contributed by atoms with Gasteiger partial charge in [-0.25, -0.2) is 4.39 Å². The number of primary amides is 1. The average molecular weight is 573 g/mol. The van der Waals surface area contributed by atoms with E-state index in [2.05, 4.69) is 10.6 Å². The van der Waals surface area contributed by atoms with Gasteiger partial charge in [0.25, 0.3) is 5.91 Å². The highest BCUT2D eigenvalue weighted by Gasteiger charge is 2.63. The predicted molar refractivity (Wildman–Crippen MR) is 138 cm³/mol. The number of amides is 3. The van der Waals surface area contributed by atoms with E-state index in [1.54, 1.807) is 0 Å². The first-order valence-electron chi connectivity index (χ1n) is 13.1. The molecule has 41 heavy (non-hydrogen) atoms. The van der Waals surface area contributed by atoms with Crippen molar-refractivity contribution < 1.29 is 48.8 Å². The monoisotopic (exact) mass is 572 g/mol. The van der Waals surface area contributed by atoms with Crippen LogP contribution in [0.1, 0.15) is 42.1 Å². The second-order valence-corrected chi connectivity index (χ2v) is 10.9. The number of benzene rings is 1. The van der Waals surface area contributed by atoms with Gasteiger partial charge in [-0.05, 0) is 44.7 Å². The number of nitrogens with two attached hydrogens (primary N) is 1. The number of carbonyl (C=O) groups is 5. The predicted octanol–water partition coefficient (Wildman–Crippen LogP) is -0.131. The van der Waals surface area contributed by atoms with Crippen LogP contribution in [0.4, 0.5) is 10.1 Å². The fourth-order valence-corrected chi connectivity index (χ4v) is 6.51. The number of hydrogen-bond donors (Lipinski definition) is 7. The van der Waals surface area contributed by atoms with E-state index in [-0.39, 0.29) is 30.6 Å². The minimum absolute atomic E-state index is 0.00530. The molecule has 1 aliphatic heterocycles. The van der Waals surface area contributed by atoms with Gasteiger partial charge in [-0.2, -0.15) is 0 Å². The maximum atomic E-state index is 15.4. The summed E-state index contributed by atoms with van der Waals surface area (Å²) >= 11 is 0. The fourth-order valence-electron chi connectivity index (χ4n) is 6.51. The normalized spacial score (nSPS) is 27.7. The molecule has 218 valence electrons. The highest BCUT2D eigenvalue weighted by Crippen LogP contribution is 2.52. The molecule has 4 atom stereocenters. The minimum Gasteiger partial charge on any atom is -0.509 e. The van der Waals surface area contributed by atoms with E-state index in [1.165, 1.54) is 0 Å². The Bertz CT molecular complexity index is 1480. The van der Waals surface area contributed by atoms with Gasteiger partial charge >= 0.3 is 0 Å². The summed E-state index contributed by atoms with van der Waals surface area (Å²) in [4.78, 5) is 65.3. The summed E-state index contributed by atoms with van der Waals surface area (Å²) in [5, 5.41) is 49.2. The molecule has 1 saturated heterocycles. The van der Waals surface area contributed by atoms with Crippen LogP contribution in [0.25, 0.3) is 0 Å². The highest BCUT2D eigenvalue weighted by atomic mass is 19.1. The molecule has 8 N–H and O–H groups in total. The van der Waals surface area contributed by atoms with E-state index in [9.17, 15) is 44.4 Å². The van der Waals surface area contributed by atoms with Gasteiger partial charge in [0, 0.05) is 30.0 Å². The lowest BCUT2D eigenvalue weighted by atomic mass is 9.58. The quantitative estimate of drug-likeness (QED) is 0.183. The number of aliphatic hydroxyl groups is 3. The maximum absolute atomic E-state index is 15.4. The number of nitrogens with one attached hydrogen (secondary N) is 2. The smallest absolute Gasteiger partial charge is 0.255 e. The summed E-state index contributed by atoms with van der Waals surface area (Å²) in [5.41, 5.74) is -0.415. The van der Waals surface area contributed by atoms with Gasteiger partial charge in [0.05, 0.1) is 23.8 Å². The first-order chi connectivity index (χ1) is 19.3. The van der Waals surface area contributed by atoms with Gasteiger partial charge < -0.3 is 36.8 Å². The van der Waals surface area contributed by atoms with Crippen molar-refractivity contribution in [2.45, 2.75) is 44.2 Å². The molecule has 13 nitrogen and oxygen atoms in total. The van der Waals surface area contributed by atoms with Crippen LogP contribution < -0.4 is 16.4 Å². The summed E-state index contributed by atoms with van der Waals surface area (Å²) in [5.74, 6) is -11.5. The summed E-state index contributed by atoms with van der Waals surface area (Å²) in [7, 11) is 0. The van der Waals surface area contributed by atoms with Crippen molar-refractivity contribution in [1.82, 2.24) is 10.2 Å². The number of halogens is 1. The van der Waals surface area contributed by atoms with Gasteiger partial charge in [-0.15, -0.1) is 0 Å². The zero-order valence-electron chi connectivity index (χ0n) is 22.0. The number of phenols is 1. The molecule has 1 aromatic rings. The summed E-state index contributed by atoms with van der Waals surface area (Å²) < 4.78 is 15.4. The molecule has 0 radical (unpaired) electrons. The number of carbonyl (C=O) groups excluding carboxylic acids is 5. The molecule has 1 aromatic carbocycles. The van der Waals surface area contributed by atoms with Crippen LogP contribution in [0.5, 0.6) is 5.75 Å². The van der Waals surface area contributed by atoms with Gasteiger partial charge in [0.15, 0.2) is 17.1 Å². The number of fused-ring (bicyclic) bond motifs is 3. The molecule has 5 rings (SSSR count). The Labute approximate surface area is 232 Å². The lowest BCUT2D eigenvalue weighted by Gasteiger charge is -2.48. The third-order valence-electron chi connectivity index (χ3n) is 8.35. The molecule has 1 heterocycles. The second kappa shape index (κ2) is 9.96. The van der Waals surface area contributed by atoms with Crippen LogP contribution in [-0.2, 0) is 25.6 Å². The highest BCUT2D eigenvalue weighted by molar-refractivity contribution is 6.25. The first kappa shape index (κ1) is 28.2. The Hall–Kier alpha value is -4.30. The summed E-state index contributed by atoms with van der Waals surface area (Å²) in [6.07, 6.45) is 1.26. The summed E-state index contributed by atoms with van der Waals surface area (Å²) in [6.45, 7) is 2.49. The number of likely N-dealkylation sites (tertiary alicyclic amines) is 1. The molecule has 1 fully saturated rings. The van der Waals surface area contributed by atoms with Crippen molar-refractivity contribution in [3.8, 4) is 5.75 Å². The number of hydrogen-bond acceptors (Lipinski definition) is 10. The average Bonchev–Trinajstić information content (AvgIpc) is 3.39. The Morgan fingerprint density at radius 3 is 2.44 bits per heavy atom. The van der Waals surface area contributed by atoms with Crippen LogP contribution in [0.15, 0.2) is 28.7 Å². The lowest BCUT2D eigenvalue weighted by Crippen LogP contribution is -2.64. The Kier molecular flexibility index (Phi) is 6.86. The van der Waals surface area contributed by atoms with E-state index in [0.29, 0.717) is 13.1 Å². The molecule has 0 spiro atoms. The van der Waals surface area contributed by atoms with E-state index in [0.717, 1.165) is 25.8 Å². The molecular weight excluding hydrogens is 543 g/mol. The number of rotatable bonds is 5. The van der Waals surface area contributed by atoms with Gasteiger partial charge in [-0.1, -0.05) is 0 Å². The third-order valence-corrected chi connectivity index (χ3v) is 8.35. The third kappa shape index (κ3) is 4.34. The molecule has 3 aliphatic carbocycles. The topological polar surface area (TPSA) is 220 Å². The molecule has 0 saturated carbocycles. The van der Waals surface area contributed by atoms with Crippen molar-refractivity contribution in [3.05, 3.63) is 45.7 Å². The zero-order valence-corrected chi connectivity index (χ0v) is 22.0. The molecule has 0 unspecified atom stereocenters. The number of phenolic OH excluding ortho intramolecular Hbond substituents is 1. The van der Waals surface area contributed by atoms with Crippen molar-refractivity contribution in [2.75, 3.05) is 25.0 Å². The van der Waals surface area contributed by atoms with E-state index < -0.39 is 92.6 Å². The first-order valence-corrected chi connectivity index (χ1v) is 13.1. The molecular formula is C27H29FN4O9. The SMILES string of the molecule is CC(=O)N[C@@H]1C(O)=C(C(N)=O)C(=O)[C@@]2(O)C(O)=C3C(=O)c4c(O)c(NC(=O)CN5CCCC5)cc(F)c4C[C@H]3C[C@@H]12. The molecule has 0 aromatic heterocycles. The Morgan fingerprint density at radius 2 is 1.83 bits per heavy atom. The minimum atomic E-state index is -2.96. The molecule has 3 amide bonds. The number of allylic oxidation sites excluding steroid dienone is 1. The van der Waals surface area contributed by atoms with Crippen molar-refractivity contribution in [1.29, 1.82) is 0 Å². The van der Waals surface area contributed by atoms with Gasteiger partial charge in [-0.3, -0.25) is 28.9 Å². The molecule has 14 heteroatoms. The van der Waals surface area contributed by atoms with E-state index in [4.69, 9.17) is 5.73 Å². The number of aromatic hydroxyl groups is 1. The number of Topliss-reactive ketones (excluding diaryl/α,β-unsaturated/α-hetero) is 2. The molecule has 4 aliphatic rings. The van der Waals surface area contributed by atoms with E-state index >= 15 is 4.39 Å². The van der Waals surface area contributed by atoms with Crippen LogP contribution in [0.3, 0.4) is 0 Å².